The Balaban J connectivity index is 2.11. The Hall–Kier alpha value is -0.340. The van der Waals surface area contributed by atoms with Crippen molar-refractivity contribution < 1.29 is 9.47 Å². The van der Waals surface area contributed by atoms with Gasteiger partial charge in [-0.1, -0.05) is 13.0 Å². The van der Waals surface area contributed by atoms with E-state index in [4.69, 9.17) is 9.47 Å². The second-order valence-corrected chi connectivity index (χ2v) is 3.05. The van der Waals surface area contributed by atoms with Crippen molar-refractivity contribution in [2.75, 3.05) is 13.2 Å². The van der Waals surface area contributed by atoms with Gasteiger partial charge in [0, 0.05) is 6.42 Å². The normalized spacial score (nSPS) is 35.9. The van der Waals surface area contributed by atoms with Crippen LogP contribution in [0.15, 0.2) is 12.2 Å². The molecule has 1 spiro atoms. The zero-order valence-electron chi connectivity index (χ0n) is 6.17. The molecule has 0 aromatic heterocycles. The summed E-state index contributed by atoms with van der Waals surface area (Å²) >= 11 is 0. The van der Waals surface area contributed by atoms with Crippen molar-refractivity contribution in [2.45, 2.75) is 19.1 Å². The third kappa shape index (κ3) is 0.879. The molecule has 2 nitrogen and oxygen atoms in total. The lowest BCUT2D eigenvalue weighted by Crippen LogP contribution is -2.24. The molecule has 2 aliphatic rings. The van der Waals surface area contributed by atoms with Crippen LogP contribution >= 0.6 is 0 Å². The topological polar surface area (TPSA) is 18.5 Å². The monoisotopic (exact) mass is 140 g/mol. The molecule has 1 atom stereocenters. The summed E-state index contributed by atoms with van der Waals surface area (Å²) in [7, 11) is 0. The summed E-state index contributed by atoms with van der Waals surface area (Å²) in [5.41, 5.74) is 0. The first-order valence-electron chi connectivity index (χ1n) is 3.78. The fourth-order valence-electron chi connectivity index (χ4n) is 1.58. The van der Waals surface area contributed by atoms with Gasteiger partial charge < -0.3 is 9.47 Å². The van der Waals surface area contributed by atoms with Crippen LogP contribution in [0.1, 0.15) is 13.3 Å². The van der Waals surface area contributed by atoms with E-state index in [1.807, 2.05) is 6.08 Å². The van der Waals surface area contributed by atoms with Crippen LogP contribution in [0.2, 0.25) is 0 Å². The minimum absolute atomic E-state index is 0.320. The Morgan fingerprint density at radius 1 is 1.40 bits per heavy atom. The molecule has 1 fully saturated rings. The van der Waals surface area contributed by atoms with E-state index in [9.17, 15) is 0 Å². The van der Waals surface area contributed by atoms with Crippen LogP contribution in [0.5, 0.6) is 0 Å². The molecule has 2 heteroatoms. The van der Waals surface area contributed by atoms with E-state index < -0.39 is 0 Å². The maximum absolute atomic E-state index is 5.46. The zero-order chi connectivity index (χ0) is 7.03. The van der Waals surface area contributed by atoms with Crippen molar-refractivity contribution in [1.82, 2.24) is 0 Å². The Labute approximate surface area is 60.8 Å². The molecule has 10 heavy (non-hydrogen) atoms. The van der Waals surface area contributed by atoms with Crippen LogP contribution in [0, 0.1) is 5.92 Å². The summed E-state index contributed by atoms with van der Waals surface area (Å²) in [6.45, 7) is 3.67. The highest BCUT2D eigenvalue weighted by Crippen LogP contribution is 2.34. The van der Waals surface area contributed by atoms with Gasteiger partial charge in [0.2, 0.25) is 0 Å². The smallest absolute Gasteiger partial charge is 0.188 e. The lowest BCUT2D eigenvalue weighted by atomic mass is 10.1. The molecule has 0 aromatic rings. The predicted molar refractivity (Wildman–Crippen MR) is 37.6 cm³/mol. The first-order chi connectivity index (χ1) is 4.81. The minimum atomic E-state index is -0.320. The third-order valence-corrected chi connectivity index (χ3v) is 2.06. The van der Waals surface area contributed by atoms with Gasteiger partial charge in [-0.15, -0.1) is 0 Å². The van der Waals surface area contributed by atoms with Gasteiger partial charge in [0.1, 0.15) is 0 Å². The molecule has 56 valence electrons. The lowest BCUT2D eigenvalue weighted by molar-refractivity contribution is -0.119. The van der Waals surface area contributed by atoms with Gasteiger partial charge in [-0.3, -0.25) is 0 Å². The molecule has 0 aromatic carbocycles. The van der Waals surface area contributed by atoms with Gasteiger partial charge >= 0.3 is 0 Å². The first kappa shape index (κ1) is 6.38. The second kappa shape index (κ2) is 2.07. The summed E-state index contributed by atoms with van der Waals surface area (Å²) in [4.78, 5) is 0. The van der Waals surface area contributed by atoms with E-state index in [2.05, 4.69) is 13.0 Å². The average Bonchev–Trinajstić information content (AvgIpc) is 2.46. The Morgan fingerprint density at radius 2 is 2.10 bits per heavy atom. The quantitative estimate of drug-likeness (QED) is 0.472. The van der Waals surface area contributed by atoms with Crippen LogP contribution in [0.3, 0.4) is 0 Å². The SMILES string of the molecule is C[C@@H]1C=CC2(C1)OCCO2. The summed E-state index contributed by atoms with van der Waals surface area (Å²) in [6.07, 6.45) is 5.20. The van der Waals surface area contributed by atoms with Crippen molar-refractivity contribution in [2.24, 2.45) is 5.92 Å². The maximum atomic E-state index is 5.46. The molecule has 1 saturated heterocycles. The zero-order valence-corrected chi connectivity index (χ0v) is 6.17. The first-order valence-corrected chi connectivity index (χ1v) is 3.78. The predicted octanol–water partition coefficient (Wildman–Crippen LogP) is 1.33. The van der Waals surface area contributed by atoms with Crippen LogP contribution in [-0.4, -0.2) is 19.0 Å². The molecule has 1 heterocycles. The molecule has 0 saturated carbocycles. The highest BCUT2D eigenvalue weighted by Gasteiger charge is 2.38. The Bertz CT molecular complexity index is 157. The molecule has 1 aliphatic heterocycles. The van der Waals surface area contributed by atoms with Crippen LogP contribution in [0.4, 0.5) is 0 Å². The third-order valence-electron chi connectivity index (χ3n) is 2.06. The lowest BCUT2D eigenvalue weighted by Gasteiger charge is -2.19. The van der Waals surface area contributed by atoms with Gasteiger partial charge in [-0.25, -0.2) is 0 Å². The van der Waals surface area contributed by atoms with E-state index in [-0.39, 0.29) is 5.79 Å². The summed E-state index contributed by atoms with van der Waals surface area (Å²) in [5, 5.41) is 0. The highest BCUT2D eigenvalue weighted by atomic mass is 16.7. The largest absolute Gasteiger partial charge is 0.344 e. The summed E-state index contributed by atoms with van der Waals surface area (Å²) in [6, 6.07) is 0. The molecule has 0 bridgehead atoms. The molecular formula is C8H12O2. The van der Waals surface area contributed by atoms with Crippen LogP contribution in [-0.2, 0) is 9.47 Å². The minimum Gasteiger partial charge on any atom is -0.344 e. The van der Waals surface area contributed by atoms with E-state index in [1.54, 1.807) is 0 Å². The van der Waals surface area contributed by atoms with Crippen molar-refractivity contribution in [3.63, 3.8) is 0 Å². The van der Waals surface area contributed by atoms with E-state index in [1.165, 1.54) is 0 Å². The van der Waals surface area contributed by atoms with E-state index in [0.717, 1.165) is 19.6 Å². The second-order valence-electron chi connectivity index (χ2n) is 3.05. The molecule has 0 radical (unpaired) electrons. The van der Waals surface area contributed by atoms with Gasteiger partial charge in [0.05, 0.1) is 13.2 Å². The van der Waals surface area contributed by atoms with Crippen LogP contribution in [0.25, 0.3) is 0 Å². The number of hydrogen-bond acceptors (Lipinski definition) is 2. The van der Waals surface area contributed by atoms with Crippen molar-refractivity contribution in [1.29, 1.82) is 0 Å². The fraction of sp³-hybridized carbons (Fsp3) is 0.750. The standard InChI is InChI=1S/C8H12O2/c1-7-2-3-8(6-7)9-4-5-10-8/h2-3,7H,4-6H2,1H3/t7-/m1/s1. The number of ether oxygens (including phenoxy) is 2. The van der Waals surface area contributed by atoms with Gasteiger partial charge in [0.15, 0.2) is 5.79 Å². The molecular weight excluding hydrogens is 128 g/mol. The number of rotatable bonds is 0. The van der Waals surface area contributed by atoms with Crippen LogP contribution < -0.4 is 0 Å². The van der Waals surface area contributed by atoms with Gasteiger partial charge in [-0.2, -0.15) is 0 Å². The maximum Gasteiger partial charge on any atom is 0.188 e. The fourth-order valence-corrected chi connectivity index (χ4v) is 1.58. The van der Waals surface area contributed by atoms with Crippen molar-refractivity contribution >= 4 is 0 Å². The molecule has 0 N–H and O–H groups in total. The van der Waals surface area contributed by atoms with Gasteiger partial charge in [0.25, 0.3) is 0 Å². The number of hydrogen-bond donors (Lipinski definition) is 0. The average molecular weight is 140 g/mol. The summed E-state index contributed by atoms with van der Waals surface area (Å²) < 4.78 is 10.9. The number of allylic oxidation sites excluding steroid dienone is 1. The molecule has 0 amide bonds. The highest BCUT2D eigenvalue weighted by molar-refractivity contribution is 5.08. The Morgan fingerprint density at radius 3 is 2.60 bits per heavy atom. The van der Waals surface area contributed by atoms with Gasteiger partial charge in [-0.05, 0) is 12.0 Å². The molecule has 2 rings (SSSR count). The van der Waals surface area contributed by atoms with Crippen molar-refractivity contribution in [3.8, 4) is 0 Å². The van der Waals surface area contributed by atoms with E-state index >= 15 is 0 Å². The molecule has 0 unspecified atom stereocenters. The summed E-state index contributed by atoms with van der Waals surface area (Å²) in [5.74, 6) is 0.289. The van der Waals surface area contributed by atoms with E-state index in [0.29, 0.717) is 5.92 Å². The Kier molecular flexibility index (Phi) is 1.32. The van der Waals surface area contributed by atoms with Crippen molar-refractivity contribution in [3.05, 3.63) is 12.2 Å². The molecule has 1 aliphatic carbocycles.